The first kappa shape index (κ1) is 14.6. The highest BCUT2D eigenvalue weighted by atomic mass is 16.5. The number of carbonyl (C=O) groups is 1. The monoisotopic (exact) mass is 293 g/mol. The zero-order valence-electron chi connectivity index (χ0n) is 12.2. The van der Waals surface area contributed by atoms with Gasteiger partial charge in [0.15, 0.2) is 0 Å². The zero-order valence-corrected chi connectivity index (χ0v) is 12.2. The van der Waals surface area contributed by atoms with Gasteiger partial charge in [-0.1, -0.05) is 0 Å². The summed E-state index contributed by atoms with van der Waals surface area (Å²) in [5, 5.41) is 12.8. The van der Waals surface area contributed by atoms with Gasteiger partial charge in [-0.2, -0.15) is 0 Å². The fourth-order valence-corrected chi connectivity index (χ4v) is 3.20. The van der Waals surface area contributed by atoms with Gasteiger partial charge in [-0.15, -0.1) is 0 Å². The minimum absolute atomic E-state index is 0.000817. The van der Waals surface area contributed by atoms with Gasteiger partial charge in [0.05, 0.1) is 25.9 Å². The molecule has 0 aliphatic carbocycles. The average molecular weight is 293 g/mol. The van der Waals surface area contributed by atoms with Crippen LogP contribution in [0.25, 0.3) is 0 Å². The molecule has 1 amide bonds. The van der Waals surface area contributed by atoms with Crippen molar-refractivity contribution in [3.05, 3.63) is 24.0 Å². The number of hydrogen-bond donors (Lipinski definition) is 2. The van der Waals surface area contributed by atoms with Gasteiger partial charge in [-0.25, -0.2) is 0 Å². The minimum Gasteiger partial charge on any atom is -0.394 e. The Morgan fingerprint density at radius 3 is 3.00 bits per heavy atom. The summed E-state index contributed by atoms with van der Waals surface area (Å²) >= 11 is 0. The summed E-state index contributed by atoms with van der Waals surface area (Å²) < 4.78 is 7.45. The van der Waals surface area contributed by atoms with E-state index >= 15 is 0 Å². The van der Waals surface area contributed by atoms with Crippen molar-refractivity contribution in [3.63, 3.8) is 0 Å². The van der Waals surface area contributed by atoms with Gasteiger partial charge in [0.1, 0.15) is 5.69 Å². The van der Waals surface area contributed by atoms with Crippen LogP contribution in [0, 0.1) is 0 Å². The Labute approximate surface area is 124 Å². The van der Waals surface area contributed by atoms with Crippen LogP contribution in [-0.4, -0.2) is 66.0 Å². The van der Waals surface area contributed by atoms with Gasteiger partial charge in [0.25, 0.3) is 5.91 Å². The molecule has 2 aliphatic rings. The van der Waals surface area contributed by atoms with Crippen molar-refractivity contribution in [1.29, 1.82) is 0 Å². The summed E-state index contributed by atoms with van der Waals surface area (Å²) in [7, 11) is 0. The van der Waals surface area contributed by atoms with Crippen LogP contribution in [0.5, 0.6) is 0 Å². The fraction of sp³-hybridized carbons (Fsp3) is 0.667. The molecule has 2 fully saturated rings. The molecule has 1 aromatic rings. The van der Waals surface area contributed by atoms with E-state index in [0.717, 1.165) is 31.6 Å². The third-order valence-corrected chi connectivity index (χ3v) is 4.40. The first-order valence-corrected chi connectivity index (χ1v) is 7.68. The molecule has 0 radical (unpaired) electrons. The van der Waals surface area contributed by atoms with Crippen molar-refractivity contribution in [2.45, 2.75) is 24.9 Å². The van der Waals surface area contributed by atoms with Crippen LogP contribution < -0.4 is 5.32 Å². The summed E-state index contributed by atoms with van der Waals surface area (Å²) in [5.41, 5.74) is 0.724. The lowest BCUT2D eigenvalue weighted by atomic mass is 10.1. The van der Waals surface area contributed by atoms with E-state index in [2.05, 4.69) is 9.88 Å². The standard InChI is InChI=1S/C15H23N3O3/c19-10-13-11-21-9-8-18(13)15(20)14-2-1-7-17(14)12-3-5-16-6-4-12/h1-2,7,12-13,16,19H,3-6,8-11H2. The Hall–Kier alpha value is -1.37. The van der Waals surface area contributed by atoms with Crippen LogP contribution in [0.3, 0.4) is 0 Å². The van der Waals surface area contributed by atoms with Crippen LogP contribution >= 0.6 is 0 Å². The SMILES string of the molecule is O=C(c1cccn1C1CCNCC1)N1CCOCC1CO. The second-order valence-electron chi connectivity index (χ2n) is 5.69. The molecule has 0 aromatic carbocycles. The number of carbonyl (C=O) groups excluding carboxylic acids is 1. The highest BCUT2D eigenvalue weighted by Gasteiger charge is 2.30. The molecule has 3 rings (SSSR count). The van der Waals surface area contributed by atoms with E-state index in [1.165, 1.54) is 0 Å². The van der Waals surface area contributed by atoms with E-state index in [4.69, 9.17) is 4.74 Å². The molecule has 1 aromatic heterocycles. The van der Waals surface area contributed by atoms with E-state index in [0.29, 0.717) is 25.8 Å². The molecule has 2 aliphatic heterocycles. The lowest BCUT2D eigenvalue weighted by Gasteiger charge is -2.35. The molecule has 3 heterocycles. The van der Waals surface area contributed by atoms with Crippen LogP contribution in [-0.2, 0) is 4.74 Å². The second kappa shape index (κ2) is 6.60. The van der Waals surface area contributed by atoms with E-state index in [9.17, 15) is 9.90 Å². The number of amides is 1. The van der Waals surface area contributed by atoms with Crippen LogP contribution in [0.4, 0.5) is 0 Å². The van der Waals surface area contributed by atoms with Crippen LogP contribution in [0.1, 0.15) is 29.4 Å². The number of aliphatic hydroxyl groups excluding tert-OH is 1. The van der Waals surface area contributed by atoms with Gasteiger partial charge in [-0.3, -0.25) is 4.79 Å². The molecule has 1 atom stereocenters. The average Bonchev–Trinajstić information content (AvgIpc) is 3.04. The number of nitrogens with one attached hydrogen (secondary N) is 1. The molecule has 2 N–H and O–H groups in total. The number of aromatic nitrogens is 1. The number of hydrogen-bond acceptors (Lipinski definition) is 4. The Bertz CT molecular complexity index is 482. The maximum Gasteiger partial charge on any atom is 0.270 e. The highest BCUT2D eigenvalue weighted by molar-refractivity contribution is 5.93. The van der Waals surface area contributed by atoms with Gasteiger partial charge >= 0.3 is 0 Å². The summed E-state index contributed by atoms with van der Waals surface area (Å²) in [5.74, 6) is 0.000817. The molecular formula is C15H23N3O3. The van der Waals surface area contributed by atoms with Crippen molar-refractivity contribution in [1.82, 2.24) is 14.8 Å². The lowest BCUT2D eigenvalue weighted by Crippen LogP contribution is -2.51. The number of ether oxygens (including phenoxy) is 1. The van der Waals surface area contributed by atoms with Gasteiger partial charge < -0.3 is 24.6 Å². The first-order valence-electron chi connectivity index (χ1n) is 7.68. The summed E-state index contributed by atoms with van der Waals surface area (Å²) in [6, 6.07) is 3.97. The van der Waals surface area contributed by atoms with E-state index in [-0.39, 0.29) is 18.6 Å². The Balaban J connectivity index is 1.79. The predicted molar refractivity (Wildman–Crippen MR) is 78.3 cm³/mol. The van der Waals surface area contributed by atoms with Crippen molar-refractivity contribution >= 4 is 5.91 Å². The number of nitrogens with zero attached hydrogens (tertiary/aromatic N) is 2. The van der Waals surface area contributed by atoms with Gasteiger partial charge in [0.2, 0.25) is 0 Å². The molecule has 21 heavy (non-hydrogen) atoms. The van der Waals surface area contributed by atoms with Crippen LogP contribution in [0.15, 0.2) is 18.3 Å². The van der Waals surface area contributed by atoms with Crippen molar-refractivity contribution in [2.24, 2.45) is 0 Å². The molecule has 6 nitrogen and oxygen atoms in total. The smallest absolute Gasteiger partial charge is 0.270 e. The Morgan fingerprint density at radius 1 is 1.43 bits per heavy atom. The summed E-state index contributed by atoms with van der Waals surface area (Å²) in [4.78, 5) is 14.6. The molecule has 0 saturated carbocycles. The molecule has 0 bridgehead atoms. The minimum atomic E-state index is -0.234. The van der Waals surface area contributed by atoms with Crippen molar-refractivity contribution in [2.75, 3.05) is 39.5 Å². The van der Waals surface area contributed by atoms with Gasteiger partial charge in [0, 0.05) is 18.8 Å². The molecular weight excluding hydrogens is 270 g/mol. The van der Waals surface area contributed by atoms with E-state index in [1.54, 1.807) is 4.90 Å². The summed E-state index contributed by atoms with van der Waals surface area (Å²) in [6.07, 6.45) is 4.08. The maximum absolute atomic E-state index is 12.8. The summed E-state index contributed by atoms with van der Waals surface area (Å²) in [6.45, 7) is 3.43. The molecule has 1 unspecified atom stereocenters. The van der Waals surface area contributed by atoms with E-state index < -0.39 is 0 Å². The third kappa shape index (κ3) is 2.97. The Morgan fingerprint density at radius 2 is 2.24 bits per heavy atom. The largest absolute Gasteiger partial charge is 0.394 e. The second-order valence-corrected chi connectivity index (χ2v) is 5.69. The number of aliphatic hydroxyl groups is 1. The van der Waals surface area contributed by atoms with Crippen molar-refractivity contribution in [3.8, 4) is 0 Å². The highest BCUT2D eigenvalue weighted by Crippen LogP contribution is 2.23. The van der Waals surface area contributed by atoms with Crippen LogP contribution in [0.2, 0.25) is 0 Å². The van der Waals surface area contributed by atoms with Crippen molar-refractivity contribution < 1.29 is 14.6 Å². The molecule has 2 saturated heterocycles. The fourth-order valence-electron chi connectivity index (χ4n) is 3.20. The number of rotatable bonds is 3. The molecule has 6 heteroatoms. The Kier molecular flexibility index (Phi) is 4.57. The van der Waals surface area contributed by atoms with E-state index in [1.807, 2.05) is 18.3 Å². The normalized spacial score (nSPS) is 24.2. The topological polar surface area (TPSA) is 66.7 Å². The molecule has 0 spiro atoms. The zero-order chi connectivity index (χ0) is 14.7. The predicted octanol–water partition coefficient (Wildman–Crippen LogP) is 0.246. The van der Waals surface area contributed by atoms with Gasteiger partial charge in [-0.05, 0) is 38.1 Å². The molecule has 116 valence electrons. The number of piperidine rings is 1. The lowest BCUT2D eigenvalue weighted by molar-refractivity contribution is -0.0189. The quantitative estimate of drug-likeness (QED) is 0.838. The third-order valence-electron chi connectivity index (χ3n) is 4.40. The maximum atomic E-state index is 12.8. The number of morpholine rings is 1. The first-order chi connectivity index (χ1) is 10.3.